The summed E-state index contributed by atoms with van der Waals surface area (Å²) in [6, 6.07) is 8.65. The van der Waals surface area contributed by atoms with Crippen LogP contribution in [0.2, 0.25) is 0 Å². The fraction of sp³-hybridized carbons (Fsp3) is 0.542. The second-order valence-corrected chi connectivity index (χ2v) is 12.3. The van der Waals surface area contributed by atoms with Crippen LogP contribution in [-0.2, 0) is 23.0 Å². The van der Waals surface area contributed by atoms with Gasteiger partial charge in [-0.15, -0.1) is 11.3 Å². The van der Waals surface area contributed by atoms with Crippen LogP contribution in [0.1, 0.15) is 65.7 Å². The second kappa shape index (κ2) is 8.34. The first-order valence-corrected chi connectivity index (χ1v) is 13.7. The second-order valence-electron chi connectivity index (χ2n) is 9.34. The number of rotatable bonds is 3. The average molecular weight is 459 g/mol. The number of hydrogen-bond donors (Lipinski definition) is 0. The molecule has 7 heteroatoms. The highest BCUT2D eigenvalue weighted by Gasteiger charge is 2.37. The molecule has 2 fully saturated rings. The number of benzene rings is 1. The van der Waals surface area contributed by atoms with Crippen molar-refractivity contribution in [2.24, 2.45) is 5.41 Å². The van der Waals surface area contributed by atoms with Gasteiger partial charge in [0.05, 0.1) is 4.90 Å². The first-order chi connectivity index (χ1) is 15.0. The van der Waals surface area contributed by atoms with Gasteiger partial charge in [-0.05, 0) is 72.7 Å². The third-order valence-electron chi connectivity index (χ3n) is 7.52. The number of piperidine rings is 1. The van der Waals surface area contributed by atoms with Crippen LogP contribution in [0.25, 0.3) is 0 Å². The van der Waals surface area contributed by atoms with E-state index in [1.807, 2.05) is 16.3 Å². The maximum atomic E-state index is 13.3. The van der Waals surface area contributed by atoms with Crippen LogP contribution in [0, 0.1) is 5.41 Å². The van der Waals surface area contributed by atoms with Crippen molar-refractivity contribution in [2.75, 3.05) is 19.6 Å². The van der Waals surface area contributed by atoms with Crippen molar-refractivity contribution in [3.05, 3.63) is 51.7 Å². The highest BCUT2D eigenvalue weighted by Crippen LogP contribution is 2.44. The Bertz CT molecular complexity index is 1060. The molecule has 0 unspecified atom stereocenters. The van der Waals surface area contributed by atoms with Crippen LogP contribution < -0.4 is 0 Å². The highest BCUT2D eigenvalue weighted by molar-refractivity contribution is 7.89. The van der Waals surface area contributed by atoms with Crippen molar-refractivity contribution in [2.45, 2.75) is 62.8 Å². The largest absolute Gasteiger partial charge is 0.339 e. The van der Waals surface area contributed by atoms with Crippen LogP contribution in [0.5, 0.6) is 0 Å². The minimum absolute atomic E-state index is 0.0403. The lowest BCUT2D eigenvalue weighted by Gasteiger charge is -2.44. The minimum atomic E-state index is -3.62. The molecule has 1 saturated heterocycles. The Hall–Kier alpha value is -1.70. The quantitative estimate of drug-likeness (QED) is 0.671. The molecule has 1 aromatic carbocycles. The van der Waals surface area contributed by atoms with Crippen molar-refractivity contribution in [1.82, 2.24) is 9.21 Å². The van der Waals surface area contributed by atoms with Crippen molar-refractivity contribution in [1.29, 1.82) is 0 Å². The van der Waals surface area contributed by atoms with E-state index >= 15 is 0 Å². The molecule has 5 rings (SSSR count). The molecule has 1 spiro atoms. The van der Waals surface area contributed by atoms with Gasteiger partial charge in [0.25, 0.3) is 5.91 Å². The summed E-state index contributed by atoms with van der Waals surface area (Å²) in [5, 5.41) is 2.02. The van der Waals surface area contributed by atoms with E-state index in [2.05, 4.69) is 0 Å². The molecule has 3 heterocycles. The number of carbonyl (C=O) groups excluding carboxylic acids is 1. The van der Waals surface area contributed by atoms with E-state index in [9.17, 15) is 13.2 Å². The number of fused-ring (bicyclic) bond motifs is 1. The van der Waals surface area contributed by atoms with Gasteiger partial charge in [-0.3, -0.25) is 4.79 Å². The van der Waals surface area contributed by atoms with Gasteiger partial charge < -0.3 is 4.90 Å². The number of nitrogens with zero attached hydrogens (tertiary/aromatic N) is 2. The van der Waals surface area contributed by atoms with E-state index < -0.39 is 10.0 Å². The Morgan fingerprint density at radius 2 is 1.74 bits per heavy atom. The summed E-state index contributed by atoms with van der Waals surface area (Å²) >= 11 is 1.69. The van der Waals surface area contributed by atoms with Crippen LogP contribution in [-0.4, -0.2) is 43.2 Å². The lowest BCUT2D eigenvalue weighted by Crippen LogP contribution is -2.44. The molecule has 0 atom stereocenters. The number of sulfonamides is 1. The maximum Gasteiger partial charge on any atom is 0.253 e. The Balaban J connectivity index is 1.30. The van der Waals surface area contributed by atoms with Gasteiger partial charge in [0, 0.05) is 36.6 Å². The number of likely N-dealkylation sites (tertiary alicyclic amines) is 1. The van der Waals surface area contributed by atoms with Crippen molar-refractivity contribution < 1.29 is 13.2 Å². The Labute approximate surface area is 189 Å². The highest BCUT2D eigenvalue weighted by atomic mass is 32.2. The van der Waals surface area contributed by atoms with E-state index in [0.29, 0.717) is 24.1 Å². The fourth-order valence-corrected chi connectivity index (χ4v) is 7.89. The molecule has 3 aliphatic rings. The zero-order valence-corrected chi connectivity index (χ0v) is 19.5. The molecule has 1 aliphatic carbocycles. The molecule has 0 radical (unpaired) electrons. The molecular weight excluding hydrogens is 428 g/mol. The zero-order valence-electron chi connectivity index (χ0n) is 17.9. The van der Waals surface area contributed by atoms with E-state index in [1.165, 1.54) is 37.0 Å². The lowest BCUT2D eigenvalue weighted by atomic mass is 9.68. The molecule has 166 valence electrons. The van der Waals surface area contributed by atoms with E-state index in [1.54, 1.807) is 39.9 Å². The molecular formula is C24H30N2O3S2. The molecule has 1 amide bonds. The topological polar surface area (TPSA) is 57.7 Å². The molecule has 2 aromatic rings. The van der Waals surface area contributed by atoms with Gasteiger partial charge in [0.2, 0.25) is 10.0 Å². The molecule has 5 nitrogen and oxygen atoms in total. The third kappa shape index (κ3) is 4.08. The van der Waals surface area contributed by atoms with Gasteiger partial charge in [0.1, 0.15) is 0 Å². The van der Waals surface area contributed by atoms with Crippen LogP contribution >= 0.6 is 11.3 Å². The predicted octanol–water partition coefficient (Wildman–Crippen LogP) is 4.68. The van der Waals surface area contributed by atoms with E-state index in [4.69, 9.17) is 0 Å². The minimum Gasteiger partial charge on any atom is -0.339 e. The summed E-state index contributed by atoms with van der Waals surface area (Å²) in [6.45, 7) is 2.46. The molecule has 31 heavy (non-hydrogen) atoms. The maximum absolute atomic E-state index is 13.3. The number of carbonyl (C=O) groups is 1. The normalized spacial score (nSPS) is 21.7. The standard InChI is InChI=1S/C24H30N2O3S2/c27-23(25-14-11-24(12-15-25)9-2-1-3-10-24)19-5-4-6-21(17-19)31(28,29)26-13-7-22-20(18-26)8-16-30-22/h4-6,8,16-17H,1-3,7,9-15,18H2. The number of amides is 1. The first kappa shape index (κ1) is 21.2. The van der Waals surface area contributed by atoms with Crippen LogP contribution in [0.4, 0.5) is 0 Å². The monoisotopic (exact) mass is 458 g/mol. The van der Waals surface area contributed by atoms with Gasteiger partial charge in [-0.1, -0.05) is 25.3 Å². The first-order valence-electron chi connectivity index (χ1n) is 11.4. The van der Waals surface area contributed by atoms with Gasteiger partial charge in [0.15, 0.2) is 0 Å². The Kier molecular flexibility index (Phi) is 5.69. The average Bonchev–Trinajstić information content (AvgIpc) is 3.28. The van der Waals surface area contributed by atoms with Crippen LogP contribution in [0.15, 0.2) is 40.6 Å². The Morgan fingerprint density at radius 3 is 2.52 bits per heavy atom. The summed E-state index contributed by atoms with van der Waals surface area (Å²) < 4.78 is 28.1. The number of hydrogen-bond acceptors (Lipinski definition) is 4. The van der Waals surface area contributed by atoms with E-state index in [-0.39, 0.29) is 10.8 Å². The smallest absolute Gasteiger partial charge is 0.253 e. The zero-order chi connectivity index (χ0) is 21.5. The summed E-state index contributed by atoms with van der Waals surface area (Å²) in [5.74, 6) is -0.0403. The summed E-state index contributed by atoms with van der Waals surface area (Å²) in [7, 11) is -3.62. The van der Waals surface area contributed by atoms with Gasteiger partial charge in [-0.2, -0.15) is 4.31 Å². The molecule has 2 aliphatic heterocycles. The summed E-state index contributed by atoms with van der Waals surface area (Å²) in [6.07, 6.45) is 9.47. The van der Waals surface area contributed by atoms with E-state index in [0.717, 1.165) is 37.9 Å². The van der Waals surface area contributed by atoms with Gasteiger partial charge in [-0.25, -0.2) is 8.42 Å². The number of thiophene rings is 1. The molecule has 1 saturated carbocycles. The third-order valence-corrected chi connectivity index (χ3v) is 10.4. The lowest BCUT2D eigenvalue weighted by molar-refractivity contribution is 0.0472. The van der Waals surface area contributed by atoms with Gasteiger partial charge >= 0.3 is 0 Å². The molecule has 1 aromatic heterocycles. The SMILES string of the molecule is O=C(c1cccc(S(=O)(=O)N2CCc3sccc3C2)c1)N1CCC2(CCCCC2)CC1. The molecule has 0 N–H and O–H groups in total. The van der Waals surface area contributed by atoms with Crippen molar-refractivity contribution in [3.63, 3.8) is 0 Å². The molecule has 0 bridgehead atoms. The van der Waals surface area contributed by atoms with Crippen molar-refractivity contribution >= 4 is 27.3 Å². The van der Waals surface area contributed by atoms with Crippen molar-refractivity contribution in [3.8, 4) is 0 Å². The summed E-state index contributed by atoms with van der Waals surface area (Å²) in [5.41, 5.74) is 2.01. The predicted molar refractivity (Wildman–Crippen MR) is 123 cm³/mol. The Morgan fingerprint density at radius 1 is 0.968 bits per heavy atom. The summed E-state index contributed by atoms with van der Waals surface area (Å²) in [4.78, 5) is 16.6. The van der Waals surface area contributed by atoms with Crippen LogP contribution in [0.3, 0.4) is 0 Å². The fourth-order valence-electron chi connectivity index (χ4n) is 5.53.